The maximum Gasteiger partial charge on any atom is 0.233 e. The fraction of sp³-hybridized carbons (Fsp3) is 0.250. The Morgan fingerprint density at radius 3 is 3.00 bits per heavy atom. The summed E-state index contributed by atoms with van der Waals surface area (Å²) in [4.78, 5) is 12.3. The molecule has 0 saturated heterocycles. The van der Waals surface area contributed by atoms with Crippen LogP contribution in [0.25, 0.3) is 11.9 Å². The van der Waals surface area contributed by atoms with Gasteiger partial charge in [-0.15, -0.1) is 6.42 Å². The topological polar surface area (TPSA) is 73.4 Å². The quantitative estimate of drug-likeness (QED) is 0.780. The normalized spacial score (nSPS) is 23.4. The van der Waals surface area contributed by atoms with Crippen LogP contribution < -0.4 is 10.5 Å². The van der Waals surface area contributed by atoms with Crippen LogP contribution in [-0.4, -0.2) is 27.0 Å². The number of nitrogens with two attached hydrogens (primary N) is 1. The number of rotatable bonds is 5. The van der Waals surface area contributed by atoms with E-state index in [0.717, 1.165) is 6.42 Å². The molecule has 1 aromatic heterocycles. The first-order valence-corrected chi connectivity index (χ1v) is 9.48. The minimum absolute atomic E-state index is 0.0394. The Balaban J connectivity index is 1.58. The number of thioether (sulfide) groups is 1. The maximum atomic E-state index is 14.6. The zero-order chi connectivity index (χ0) is 19.7. The molecule has 1 fully saturated rings. The van der Waals surface area contributed by atoms with Crippen molar-refractivity contribution in [3.05, 3.63) is 53.2 Å². The molecule has 3 atom stereocenters. The van der Waals surface area contributed by atoms with Gasteiger partial charge in [0, 0.05) is 10.8 Å². The van der Waals surface area contributed by atoms with Gasteiger partial charge in [-0.1, -0.05) is 23.7 Å². The molecule has 0 amide bonds. The van der Waals surface area contributed by atoms with Crippen molar-refractivity contribution < 1.29 is 13.5 Å². The molecule has 2 N–H and O–H groups in total. The number of aliphatic imine (C=N–C) groups is 1. The van der Waals surface area contributed by atoms with Crippen molar-refractivity contribution in [3.63, 3.8) is 0 Å². The van der Waals surface area contributed by atoms with Gasteiger partial charge in [-0.2, -0.15) is 0 Å². The van der Waals surface area contributed by atoms with Gasteiger partial charge in [-0.05, 0) is 36.1 Å². The molecule has 0 radical (unpaired) electrons. The number of nitrogens with zero attached hydrogens (tertiary/aromatic N) is 3. The zero-order valence-corrected chi connectivity index (χ0v) is 15.5. The molecule has 28 heavy (non-hydrogen) atoms. The predicted octanol–water partition coefficient (Wildman–Crippen LogP) is 3.59. The minimum atomic E-state index is -0.597. The lowest BCUT2D eigenvalue weighted by atomic mass is 9.99. The van der Waals surface area contributed by atoms with Crippen molar-refractivity contribution in [3.8, 4) is 18.2 Å². The average Bonchev–Trinajstić information content (AvgIpc) is 3.47. The van der Waals surface area contributed by atoms with Crippen LogP contribution in [0.3, 0.4) is 0 Å². The second-order valence-corrected chi connectivity index (χ2v) is 7.73. The first-order chi connectivity index (χ1) is 13.5. The van der Waals surface area contributed by atoms with Crippen molar-refractivity contribution in [1.29, 1.82) is 0 Å². The molecule has 5 nitrogen and oxygen atoms in total. The van der Waals surface area contributed by atoms with Crippen LogP contribution >= 0.6 is 11.8 Å². The average molecular weight is 398 g/mol. The van der Waals surface area contributed by atoms with E-state index in [2.05, 4.69) is 20.9 Å². The van der Waals surface area contributed by atoms with Gasteiger partial charge in [-0.25, -0.2) is 18.7 Å². The van der Waals surface area contributed by atoms with Crippen LogP contribution in [-0.2, 0) is 0 Å². The lowest BCUT2D eigenvalue weighted by Crippen LogP contribution is -2.17. The SMILES string of the molecule is C#CCOc1cnc(/C(F)=C/c2ccc(F)c(C3N=C(N)SC4CC43)c2)cn1. The Labute approximate surface area is 165 Å². The van der Waals surface area contributed by atoms with Gasteiger partial charge in [0.1, 0.15) is 11.5 Å². The fourth-order valence-corrected chi connectivity index (χ4v) is 4.23. The van der Waals surface area contributed by atoms with Crippen LogP contribution in [0.1, 0.15) is 29.3 Å². The summed E-state index contributed by atoms with van der Waals surface area (Å²) in [5.74, 6) is 1.83. The van der Waals surface area contributed by atoms with Gasteiger partial charge in [0.15, 0.2) is 17.6 Å². The van der Waals surface area contributed by atoms with Crippen LogP contribution in [0.5, 0.6) is 5.88 Å². The third-order valence-corrected chi connectivity index (χ3v) is 5.72. The molecular formula is C20H16F2N4OS. The molecule has 1 aliphatic heterocycles. The molecule has 1 aliphatic carbocycles. The number of hydrogen-bond acceptors (Lipinski definition) is 6. The van der Waals surface area contributed by atoms with E-state index in [1.807, 2.05) is 0 Å². The van der Waals surface area contributed by atoms with Gasteiger partial charge in [0.2, 0.25) is 5.88 Å². The number of amidine groups is 1. The summed E-state index contributed by atoms with van der Waals surface area (Å²) >= 11 is 1.53. The number of fused-ring (bicyclic) bond motifs is 1. The molecule has 2 aromatic rings. The Bertz CT molecular complexity index is 1000. The first kappa shape index (κ1) is 18.4. The third-order valence-electron chi connectivity index (χ3n) is 4.53. The van der Waals surface area contributed by atoms with Crippen molar-refractivity contribution in [2.75, 3.05) is 6.61 Å². The highest BCUT2D eigenvalue weighted by atomic mass is 32.2. The van der Waals surface area contributed by atoms with E-state index >= 15 is 0 Å². The van der Waals surface area contributed by atoms with E-state index < -0.39 is 5.83 Å². The summed E-state index contributed by atoms with van der Waals surface area (Å²) in [6.07, 6.45) is 9.88. The third kappa shape index (κ3) is 3.85. The summed E-state index contributed by atoms with van der Waals surface area (Å²) in [5.41, 5.74) is 6.83. The second-order valence-electron chi connectivity index (χ2n) is 6.47. The number of terminal acetylenes is 1. The first-order valence-electron chi connectivity index (χ1n) is 8.60. The molecule has 4 rings (SSSR count). The lowest BCUT2D eigenvalue weighted by molar-refractivity contribution is 0.353. The summed E-state index contributed by atoms with van der Waals surface area (Å²) in [5, 5.41) is 0.862. The van der Waals surface area contributed by atoms with Crippen molar-refractivity contribution >= 4 is 28.8 Å². The molecule has 142 valence electrons. The van der Waals surface area contributed by atoms with Gasteiger partial charge in [0.25, 0.3) is 0 Å². The van der Waals surface area contributed by atoms with Gasteiger partial charge in [-0.3, -0.25) is 4.99 Å². The van der Waals surface area contributed by atoms with Crippen molar-refractivity contribution in [2.45, 2.75) is 17.7 Å². The summed E-state index contributed by atoms with van der Waals surface area (Å²) in [6, 6.07) is 4.11. The Kier molecular flexibility index (Phi) is 5.01. The van der Waals surface area contributed by atoms with Crippen LogP contribution in [0.2, 0.25) is 0 Å². The molecule has 1 aromatic carbocycles. The Morgan fingerprint density at radius 2 is 2.25 bits per heavy atom. The Morgan fingerprint density at radius 1 is 1.39 bits per heavy atom. The fourth-order valence-electron chi connectivity index (χ4n) is 3.10. The molecule has 8 heteroatoms. The molecule has 0 spiro atoms. The highest BCUT2D eigenvalue weighted by Crippen LogP contribution is 2.54. The number of hydrogen-bond donors (Lipinski definition) is 1. The lowest BCUT2D eigenvalue weighted by Gasteiger charge is -2.19. The molecule has 3 unspecified atom stereocenters. The van der Waals surface area contributed by atoms with E-state index in [1.54, 1.807) is 6.07 Å². The van der Waals surface area contributed by atoms with Crippen molar-refractivity contribution in [1.82, 2.24) is 9.97 Å². The van der Waals surface area contributed by atoms with E-state index in [-0.39, 0.29) is 36.0 Å². The summed E-state index contributed by atoms with van der Waals surface area (Å²) in [6.45, 7) is 0.0548. The molecule has 0 bridgehead atoms. The summed E-state index contributed by atoms with van der Waals surface area (Å²) < 4.78 is 34.1. The van der Waals surface area contributed by atoms with Crippen LogP contribution in [0.15, 0.2) is 35.6 Å². The van der Waals surface area contributed by atoms with E-state index in [1.165, 1.54) is 42.4 Å². The second kappa shape index (κ2) is 7.60. The van der Waals surface area contributed by atoms with Crippen molar-refractivity contribution in [2.24, 2.45) is 16.6 Å². The predicted molar refractivity (Wildman–Crippen MR) is 106 cm³/mol. The maximum absolute atomic E-state index is 14.6. The number of benzene rings is 1. The van der Waals surface area contributed by atoms with E-state index in [9.17, 15) is 8.78 Å². The highest BCUT2D eigenvalue weighted by molar-refractivity contribution is 8.14. The molecule has 2 aliphatic rings. The molecular weight excluding hydrogens is 382 g/mol. The van der Waals surface area contributed by atoms with Gasteiger partial charge >= 0.3 is 0 Å². The largest absolute Gasteiger partial charge is 0.463 e. The highest BCUT2D eigenvalue weighted by Gasteiger charge is 2.48. The standard InChI is InChI=1S/C20H16F2N4OS/c1-2-5-27-18-10-24-16(9-25-18)15(22)7-11-3-4-14(21)12(6-11)19-13-8-17(13)28-20(23)26-19/h1,3-4,6-7,9-10,13,17,19H,5,8H2,(H2,23,26)/b15-7-. The van der Waals surface area contributed by atoms with Crippen LogP contribution in [0, 0.1) is 24.1 Å². The molecule has 2 heterocycles. The summed E-state index contributed by atoms with van der Waals surface area (Å²) in [7, 11) is 0. The molecule has 1 saturated carbocycles. The van der Waals surface area contributed by atoms with Gasteiger partial charge < -0.3 is 10.5 Å². The van der Waals surface area contributed by atoms with Crippen LogP contribution in [0.4, 0.5) is 8.78 Å². The number of aromatic nitrogens is 2. The van der Waals surface area contributed by atoms with E-state index in [0.29, 0.717) is 21.5 Å². The number of halogens is 2. The number of ether oxygens (including phenoxy) is 1. The zero-order valence-electron chi connectivity index (χ0n) is 14.7. The van der Waals surface area contributed by atoms with Gasteiger partial charge in [0.05, 0.1) is 18.4 Å². The minimum Gasteiger partial charge on any atom is -0.463 e. The smallest absolute Gasteiger partial charge is 0.233 e. The monoisotopic (exact) mass is 398 g/mol. The Hall–Kier alpha value is -2.92. The van der Waals surface area contributed by atoms with E-state index in [4.69, 9.17) is 16.9 Å².